The van der Waals surface area contributed by atoms with Gasteiger partial charge in [-0.15, -0.1) is 11.8 Å². The Labute approximate surface area is 464 Å². The van der Waals surface area contributed by atoms with E-state index in [4.69, 9.17) is 94.7 Å². The lowest BCUT2D eigenvalue weighted by molar-refractivity contribution is -0.388. The third-order valence-electron chi connectivity index (χ3n) is 13.3. The first kappa shape index (κ1) is 66.7. The van der Waals surface area contributed by atoms with Crippen LogP contribution in [0.25, 0.3) is 0 Å². The third-order valence-corrected chi connectivity index (χ3v) is 16.2. The van der Waals surface area contributed by atoms with E-state index in [0.29, 0.717) is 110 Å². The SMILES string of the molecule is CCC(OCCSC(COC(CC)OC1(CC)OCC(C)O1)C(COC(CC)OC1(CC)OCC(C)O1)SC(COC(CC)OC1(CC)OCC(C)O1)COC(CC)OC1(CC)OCC(C)O1)OC1(CC)OCC(C)O1. The minimum absolute atomic E-state index is 0.0876. The summed E-state index contributed by atoms with van der Waals surface area (Å²) in [4.78, 5) is 0. The molecule has 0 saturated carbocycles. The lowest BCUT2D eigenvalue weighted by Gasteiger charge is -2.36. The fraction of sp³-hybridized carbons (Fsp3) is 1.00. The topological polar surface area (TPSA) is 185 Å². The first-order chi connectivity index (χ1) is 36.4. The van der Waals surface area contributed by atoms with E-state index in [2.05, 4.69) is 0 Å². The molecule has 5 saturated heterocycles. The van der Waals surface area contributed by atoms with Crippen LogP contribution in [0, 0.1) is 0 Å². The van der Waals surface area contributed by atoms with E-state index in [1.165, 1.54) is 0 Å². The monoisotopic (exact) mass is 1130 g/mol. The summed E-state index contributed by atoms with van der Waals surface area (Å²) in [6.45, 7) is 33.2. The smallest absolute Gasteiger partial charge is 0.285 e. The maximum Gasteiger partial charge on any atom is 0.285 e. The molecule has 5 aliphatic rings. The highest BCUT2D eigenvalue weighted by Gasteiger charge is 2.47. The molecule has 0 aromatic heterocycles. The van der Waals surface area contributed by atoms with Gasteiger partial charge < -0.3 is 71.1 Å². The Kier molecular flexibility index (Phi) is 28.7. The van der Waals surface area contributed by atoms with Crippen LogP contribution < -0.4 is 0 Å². The predicted octanol–water partition coefficient (Wildman–Crippen LogP) is 9.90. The van der Waals surface area contributed by atoms with Gasteiger partial charge in [-0.3, -0.25) is 23.7 Å². The van der Waals surface area contributed by atoms with E-state index in [1.807, 2.05) is 104 Å². The number of thioether (sulfide) groups is 2. The van der Waals surface area contributed by atoms with Gasteiger partial charge in [0.2, 0.25) is 0 Å². The molecule has 448 valence electrons. The number of rotatable bonds is 40. The molecule has 0 aliphatic carbocycles. The molecule has 20 nitrogen and oxygen atoms in total. The highest BCUT2D eigenvalue weighted by Crippen LogP contribution is 2.38. The summed E-state index contributed by atoms with van der Waals surface area (Å²) in [5.74, 6) is -5.45. The molecule has 5 aliphatic heterocycles. The van der Waals surface area contributed by atoms with E-state index < -0.39 is 61.3 Å². The summed E-state index contributed by atoms with van der Waals surface area (Å²) in [5.41, 5.74) is 0. The Hall–Kier alpha value is -0.100. The largest absolute Gasteiger partial charge is 0.352 e. The fourth-order valence-electron chi connectivity index (χ4n) is 9.01. The van der Waals surface area contributed by atoms with Crippen molar-refractivity contribution in [3.05, 3.63) is 0 Å². The molecule has 0 aromatic carbocycles. The van der Waals surface area contributed by atoms with Crippen LogP contribution in [-0.2, 0) is 94.7 Å². The molecule has 5 rings (SSSR count). The van der Waals surface area contributed by atoms with Crippen LogP contribution in [0.15, 0.2) is 0 Å². The normalized spacial score (nSPS) is 35.2. The summed E-state index contributed by atoms with van der Waals surface area (Å²) in [7, 11) is 0. The molecule has 22 heteroatoms. The molecule has 0 spiro atoms. The number of hydrogen-bond donors (Lipinski definition) is 0. The quantitative estimate of drug-likeness (QED) is 0.0417. The molecular weight excluding hydrogens is 1030 g/mol. The second kappa shape index (κ2) is 32.7. The molecular formula is C54H100O20S2. The molecule has 0 N–H and O–H groups in total. The summed E-state index contributed by atoms with van der Waals surface area (Å²) in [6.07, 6.45) is 1.38. The van der Waals surface area contributed by atoms with Crippen molar-refractivity contribution in [1.82, 2.24) is 0 Å². The van der Waals surface area contributed by atoms with Crippen molar-refractivity contribution in [2.24, 2.45) is 0 Å². The Bertz CT molecular complexity index is 1560. The number of hydrogen-bond acceptors (Lipinski definition) is 22. The highest BCUT2D eigenvalue weighted by molar-refractivity contribution is 8.04. The number of ether oxygens (including phenoxy) is 20. The van der Waals surface area contributed by atoms with Crippen molar-refractivity contribution in [2.45, 2.75) is 276 Å². The van der Waals surface area contributed by atoms with E-state index in [0.717, 1.165) is 0 Å². The second-order valence-corrected chi connectivity index (χ2v) is 23.0. The van der Waals surface area contributed by atoms with Crippen molar-refractivity contribution < 1.29 is 94.7 Å². The summed E-state index contributed by atoms with van der Waals surface area (Å²) in [6, 6.07) is 0. The van der Waals surface area contributed by atoms with E-state index in [-0.39, 0.29) is 72.7 Å². The van der Waals surface area contributed by atoms with Crippen molar-refractivity contribution in [3.8, 4) is 0 Å². The second-order valence-electron chi connectivity index (χ2n) is 20.1. The van der Waals surface area contributed by atoms with Gasteiger partial charge in [0.1, 0.15) is 0 Å². The molecule has 5 heterocycles. The zero-order valence-electron chi connectivity index (χ0n) is 48.8. The van der Waals surface area contributed by atoms with E-state index >= 15 is 0 Å². The third kappa shape index (κ3) is 20.1. The van der Waals surface area contributed by atoms with Crippen molar-refractivity contribution >= 4 is 23.5 Å². The van der Waals surface area contributed by atoms with Crippen molar-refractivity contribution in [2.75, 3.05) is 71.8 Å². The first-order valence-electron chi connectivity index (χ1n) is 28.8. The van der Waals surface area contributed by atoms with Gasteiger partial charge in [-0.25, -0.2) is 0 Å². The Morgan fingerprint density at radius 1 is 0.368 bits per heavy atom. The molecule has 76 heavy (non-hydrogen) atoms. The molecule has 0 bridgehead atoms. The van der Waals surface area contributed by atoms with Crippen LogP contribution >= 0.6 is 23.5 Å². The van der Waals surface area contributed by atoms with Crippen molar-refractivity contribution in [1.29, 1.82) is 0 Å². The summed E-state index contributed by atoms with van der Waals surface area (Å²) >= 11 is 3.37. The first-order valence-corrected chi connectivity index (χ1v) is 30.7. The lowest BCUT2D eigenvalue weighted by atomic mass is 10.3. The van der Waals surface area contributed by atoms with Crippen LogP contribution in [0.1, 0.15) is 168 Å². The standard InChI is InChI=1S/C54H100O20S2/c1-16-45(70-50(21-6)60-28-37(11)65-50)55-26-27-75-43(35-58-48(19-4)73-53(24-9)63-31-40(14)68-53)44(36-59-49(20-5)74-54(25-10)64-32-41(15)69-54)76-42(33-56-46(17-2)71-51(22-7)61-29-38(12)66-51)34-57-47(18-3)72-52(23-8)62-30-39(13)67-52/h37-49H,16-36H2,1-15H3. The van der Waals surface area contributed by atoms with Gasteiger partial charge in [-0.1, -0.05) is 69.2 Å². The molecule has 17 unspecified atom stereocenters. The van der Waals surface area contributed by atoms with Gasteiger partial charge in [-0.2, -0.15) is 11.8 Å². The molecule has 0 aromatic rings. The van der Waals surface area contributed by atoms with E-state index in [1.54, 1.807) is 23.5 Å². The van der Waals surface area contributed by atoms with Gasteiger partial charge in [0.05, 0.1) is 102 Å². The Balaban J connectivity index is 1.46. The van der Waals surface area contributed by atoms with Gasteiger partial charge in [0, 0.05) is 48.4 Å². The zero-order chi connectivity index (χ0) is 55.4. The van der Waals surface area contributed by atoms with Crippen LogP contribution in [0.5, 0.6) is 0 Å². The average Bonchev–Trinajstić information content (AvgIpc) is 4.27. The summed E-state index contributed by atoms with van der Waals surface area (Å²) in [5, 5.41) is -0.862. The van der Waals surface area contributed by atoms with Gasteiger partial charge in [-0.05, 0) is 66.7 Å². The lowest BCUT2D eigenvalue weighted by Crippen LogP contribution is -2.43. The maximum atomic E-state index is 6.84. The van der Waals surface area contributed by atoms with Gasteiger partial charge in [0.15, 0.2) is 31.5 Å². The minimum Gasteiger partial charge on any atom is -0.352 e. The Morgan fingerprint density at radius 3 is 0.882 bits per heavy atom. The van der Waals surface area contributed by atoms with Crippen LogP contribution in [0.2, 0.25) is 0 Å². The molecule has 0 amide bonds. The predicted molar refractivity (Wildman–Crippen MR) is 285 cm³/mol. The van der Waals surface area contributed by atoms with Crippen molar-refractivity contribution in [3.63, 3.8) is 0 Å². The van der Waals surface area contributed by atoms with E-state index in [9.17, 15) is 0 Å². The Morgan fingerprint density at radius 2 is 0.632 bits per heavy atom. The molecule has 0 radical (unpaired) electrons. The highest BCUT2D eigenvalue weighted by atomic mass is 32.2. The molecule has 5 fully saturated rings. The molecule has 17 atom stereocenters. The fourth-order valence-corrected chi connectivity index (χ4v) is 11.6. The summed E-state index contributed by atoms with van der Waals surface area (Å²) < 4.78 is 127. The average molecular weight is 1130 g/mol. The maximum absolute atomic E-state index is 6.84. The van der Waals surface area contributed by atoms with Gasteiger partial charge >= 0.3 is 0 Å². The van der Waals surface area contributed by atoms with Crippen LogP contribution in [-0.4, -0.2) is 179 Å². The van der Waals surface area contributed by atoms with Crippen LogP contribution in [0.4, 0.5) is 0 Å². The van der Waals surface area contributed by atoms with Crippen LogP contribution in [0.3, 0.4) is 0 Å². The van der Waals surface area contributed by atoms with Gasteiger partial charge in [0.25, 0.3) is 29.9 Å². The minimum atomic E-state index is -1.23. The zero-order valence-corrected chi connectivity index (χ0v) is 50.5.